The lowest BCUT2D eigenvalue weighted by Crippen LogP contribution is -2.04. The monoisotopic (exact) mass is 371 g/mol. The SMILES string of the molecule is CCOC(=O)c1ccc(Nc2ncnc3sc(C(=O)OC)c(C)c23)cc1. The van der Waals surface area contributed by atoms with E-state index in [0.717, 1.165) is 16.6 Å². The van der Waals surface area contributed by atoms with E-state index in [1.165, 1.54) is 24.8 Å². The smallest absolute Gasteiger partial charge is 0.348 e. The molecule has 3 rings (SSSR count). The maximum atomic E-state index is 11.9. The normalized spacial score (nSPS) is 10.6. The van der Waals surface area contributed by atoms with Crippen LogP contribution in [0.4, 0.5) is 11.5 Å². The molecule has 0 unspecified atom stereocenters. The highest BCUT2D eigenvalue weighted by molar-refractivity contribution is 7.20. The van der Waals surface area contributed by atoms with Crippen molar-refractivity contribution < 1.29 is 19.1 Å². The second-order valence-corrected chi connectivity index (χ2v) is 6.37. The molecule has 0 amide bonds. The minimum atomic E-state index is -0.393. The van der Waals surface area contributed by atoms with Crippen LogP contribution < -0.4 is 5.32 Å². The van der Waals surface area contributed by atoms with Crippen molar-refractivity contribution in [3.8, 4) is 0 Å². The largest absolute Gasteiger partial charge is 0.465 e. The van der Waals surface area contributed by atoms with Gasteiger partial charge in [0.1, 0.15) is 21.9 Å². The third kappa shape index (κ3) is 3.36. The standard InChI is InChI=1S/C18H17N3O4S/c1-4-25-17(22)11-5-7-12(8-6-11)21-15-13-10(2)14(18(23)24-3)26-16(13)20-9-19-15/h5-9H,4H2,1-3H3,(H,19,20,21). The van der Waals surface area contributed by atoms with Crippen LogP contribution in [-0.4, -0.2) is 35.6 Å². The molecule has 0 spiro atoms. The van der Waals surface area contributed by atoms with Crippen LogP contribution in [0.3, 0.4) is 0 Å². The number of carbonyl (C=O) groups is 2. The highest BCUT2D eigenvalue weighted by atomic mass is 32.1. The molecule has 1 aromatic carbocycles. The number of nitrogens with zero attached hydrogens (tertiary/aromatic N) is 2. The molecule has 0 aliphatic rings. The summed E-state index contributed by atoms with van der Waals surface area (Å²) in [5.74, 6) is -0.169. The topological polar surface area (TPSA) is 90.4 Å². The Morgan fingerprint density at radius 2 is 1.88 bits per heavy atom. The van der Waals surface area contributed by atoms with Gasteiger partial charge >= 0.3 is 11.9 Å². The Morgan fingerprint density at radius 3 is 2.54 bits per heavy atom. The van der Waals surface area contributed by atoms with Gasteiger partial charge in [-0.2, -0.15) is 0 Å². The Labute approximate surface area is 154 Å². The zero-order valence-electron chi connectivity index (χ0n) is 14.5. The highest BCUT2D eigenvalue weighted by Crippen LogP contribution is 2.34. The number of hydrogen-bond donors (Lipinski definition) is 1. The lowest BCUT2D eigenvalue weighted by atomic mass is 10.2. The van der Waals surface area contributed by atoms with E-state index in [1.807, 2.05) is 6.92 Å². The fourth-order valence-electron chi connectivity index (χ4n) is 2.49. The number of ether oxygens (including phenoxy) is 2. The van der Waals surface area contributed by atoms with Crippen LogP contribution >= 0.6 is 11.3 Å². The van der Waals surface area contributed by atoms with Crippen LogP contribution in [-0.2, 0) is 9.47 Å². The van der Waals surface area contributed by atoms with Crippen molar-refractivity contribution in [1.82, 2.24) is 9.97 Å². The van der Waals surface area contributed by atoms with E-state index in [2.05, 4.69) is 15.3 Å². The minimum absolute atomic E-state index is 0.331. The number of carbonyl (C=O) groups excluding carboxylic acids is 2. The number of methoxy groups -OCH3 is 1. The van der Waals surface area contributed by atoms with Crippen LogP contribution in [0.25, 0.3) is 10.2 Å². The maximum absolute atomic E-state index is 11.9. The van der Waals surface area contributed by atoms with Gasteiger partial charge in [0.2, 0.25) is 0 Å². The van der Waals surface area contributed by atoms with Crippen LogP contribution in [0.2, 0.25) is 0 Å². The van der Waals surface area contributed by atoms with E-state index in [0.29, 0.717) is 27.7 Å². The number of thiophene rings is 1. The Bertz CT molecular complexity index is 966. The van der Waals surface area contributed by atoms with Crippen molar-refractivity contribution >= 4 is 45.0 Å². The van der Waals surface area contributed by atoms with Gasteiger partial charge in [-0.3, -0.25) is 0 Å². The number of rotatable bonds is 5. The van der Waals surface area contributed by atoms with E-state index < -0.39 is 5.97 Å². The van der Waals surface area contributed by atoms with E-state index in [1.54, 1.807) is 31.2 Å². The molecule has 3 aromatic rings. The van der Waals surface area contributed by atoms with Crippen LogP contribution in [0.1, 0.15) is 32.5 Å². The van der Waals surface area contributed by atoms with E-state index in [4.69, 9.17) is 9.47 Å². The molecule has 0 saturated heterocycles. The first-order valence-electron chi connectivity index (χ1n) is 7.91. The van der Waals surface area contributed by atoms with Gasteiger partial charge in [0.25, 0.3) is 0 Å². The molecule has 0 aliphatic carbocycles. The van der Waals surface area contributed by atoms with Gasteiger partial charge in [-0.05, 0) is 43.7 Å². The molecular formula is C18H17N3O4S. The summed E-state index contributed by atoms with van der Waals surface area (Å²) in [4.78, 5) is 33.4. The Hall–Kier alpha value is -3.00. The van der Waals surface area contributed by atoms with E-state index >= 15 is 0 Å². The number of esters is 2. The zero-order valence-corrected chi connectivity index (χ0v) is 15.3. The van der Waals surface area contributed by atoms with Crippen molar-refractivity contribution in [2.75, 3.05) is 19.0 Å². The molecule has 26 heavy (non-hydrogen) atoms. The van der Waals surface area contributed by atoms with Crippen molar-refractivity contribution in [3.05, 3.63) is 46.6 Å². The first-order valence-corrected chi connectivity index (χ1v) is 8.73. The number of anilines is 2. The summed E-state index contributed by atoms with van der Waals surface area (Å²) in [5, 5.41) is 3.98. The number of fused-ring (bicyclic) bond motifs is 1. The van der Waals surface area contributed by atoms with Gasteiger partial charge < -0.3 is 14.8 Å². The van der Waals surface area contributed by atoms with Crippen molar-refractivity contribution in [2.24, 2.45) is 0 Å². The summed E-state index contributed by atoms with van der Waals surface area (Å²) in [6.45, 7) is 3.93. The molecule has 7 nitrogen and oxygen atoms in total. The molecule has 8 heteroatoms. The molecule has 2 heterocycles. The predicted octanol–water partition coefficient (Wildman–Crippen LogP) is 3.71. The molecule has 0 saturated carbocycles. The number of hydrogen-bond acceptors (Lipinski definition) is 8. The number of benzene rings is 1. The Balaban J connectivity index is 1.93. The van der Waals surface area contributed by atoms with Crippen molar-refractivity contribution in [2.45, 2.75) is 13.8 Å². The minimum Gasteiger partial charge on any atom is -0.465 e. The summed E-state index contributed by atoms with van der Waals surface area (Å²) in [6.07, 6.45) is 1.44. The van der Waals surface area contributed by atoms with Gasteiger partial charge in [-0.15, -0.1) is 11.3 Å². The Morgan fingerprint density at radius 1 is 1.15 bits per heavy atom. The second kappa shape index (κ2) is 7.49. The number of nitrogens with one attached hydrogen (secondary N) is 1. The van der Waals surface area contributed by atoms with Crippen molar-refractivity contribution in [3.63, 3.8) is 0 Å². The summed E-state index contributed by atoms with van der Waals surface area (Å²) in [6, 6.07) is 6.89. The third-order valence-corrected chi connectivity index (χ3v) is 4.94. The molecule has 0 bridgehead atoms. The lowest BCUT2D eigenvalue weighted by Gasteiger charge is -2.08. The third-order valence-electron chi connectivity index (χ3n) is 3.76. The highest BCUT2D eigenvalue weighted by Gasteiger charge is 2.19. The molecule has 1 N–H and O–H groups in total. The molecule has 0 aliphatic heterocycles. The summed E-state index contributed by atoms with van der Waals surface area (Å²) < 4.78 is 9.79. The maximum Gasteiger partial charge on any atom is 0.348 e. The lowest BCUT2D eigenvalue weighted by molar-refractivity contribution is 0.0525. The number of aryl methyl sites for hydroxylation is 1. The van der Waals surface area contributed by atoms with Gasteiger partial charge in [0, 0.05) is 5.69 Å². The molecule has 134 valence electrons. The predicted molar refractivity (Wildman–Crippen MR) is 99.2 cm³/mol. The van der Waals surface area contributed by atoms with Gasteiger partial charge in [-0.25, -0.2) is 19.6 Å². The fourth-order valence-corrected chi connectivity index (χ4v) is 3.56. The summed E-state index contributed by atoms with van der Waals surface area (Å²) >= 11 is 1.27. The molecule has 0 atom stereocenters. The second-order valence-electron chi connectivity index (χ2n) is 5.37. The Kier molecular flexibility index (Phi) is 5.13. The van der Waals surface area contributed by atoms with Crippen LogP contribution in [0.5, 0.6) is 0 Å². The fraction of sp³-hybridized carbons (Fsp3) is 0.222. The first-order chi connectivity index (χ1) is 12.5. The quantitative estimate of drug-likeness (QED) is 0.684. The average molecular weight is 371 g/mol. The van der Waals surface area contributed by atoms with Crippen LogP contribution in [0, 0.1) is 6.92 Å². The van der Waals surface area contributed by atoms with Crippen molar-refractivity contribution in [1.29, 1.82) is 0 Å². The summed E-state index contributed by atoms with van der Waals surface area (Å²) in [7, 11) is 1.35. The van der Waals surface area contributed by atoms with Gasteiger partial charge in [0.05, 0.1) is 24.7 Å². The molecule has 2 aromatic heterocycles. The first kappa shape index (κ1) is 17.8. The number of aromatic nitrogens is 2. The summed E-state index contributed by atoms with van der Waals surface area (Å²) in [5.41, 5.74) is 2.00. The molecule has 0 fully saturated rings. The molecule has 0 radical (unpaired) electrons. The molecular weight excluding hydrogens is 354 g/mol. The van der Waals surface area contributed by atoms with E-state index in [9.17, 15) is 9.59 Å². The zero-order chi connectivity index (χ0) is 18.7. The van der Waals surface area contributed by atoms with Gasteiger partial charge in [-0.1, -0.05) is 0 Å². The van der Waals surface area contributed by atoms with Gasteiger partial charge in [0.15, 0.2) is 0 Å². The van der Waals surface area contributed by atoms with Crippen LogP contribution in [0.15, 0.2) is 30.6 Å². The average Bonchev–Trinajstić information content (AvgIpc) is 2.99. The van der Waals surface area contributed by atoms with E-state index in [-0.39, 0.29) is 5.97 Å².